The lowest BCUT2D eigenvalue weighted by Gasteiger charge is -2.36. The van der Waals surface area contributed by atoms with Crippen LogP contribution in [0.5, 0.6) is 0 Å². The molecule has 2 amide bonds. The minimum Gasteiger partial charge on any atom is -0.368 e. The highest BCUT2D eigenvalue weighted by atomic mass is 35.5. The molecule has 1 aromatic carbocycles. The minimum absolute atomic E-state index is 0.197. The molecule has 1 aliphatic heterocycles. The summed E-state index contributed by atoms with van der Waals surface area (Å²) in [6, 6.07) is 7.54. The monoisotopic (exact) mass is 415 g/mol. The number of rotatable bonds is 6. The summed E-state index contributed by atoms with van der Waals surface area (Å²) in [5.41, 5.74) is 1.05. The third-order valence-electron chi connectivity index (χ3n) is 4.76. The van der Waals surface area contributed by atoms with E-state index in [0.29, 0.717) is 31.2 Å². The van der Waals surface area contributed by atoms with E-state index in [1.165, 1.54) is 20.8 Å². The summed E-state index contributed by atoms with van der Waals surface area (Å²) in [5.74, 6) is -0.856. The lowest BCUT2D eigenvalue weighted by Crippen LogP contribution is -2.52. The second-order valence-corrected chi connectivity index (χ2v) is 10.1. The maximum Gasteiger partial charge on any atom is 0.242 e. The van der Waals surface area contributed by atoms with Crippen molar-refractivity contribution in [3.8, 4) is 0 Å². The summed E-state index contributed by atoms with van der Waals surface area (Å²) in [4.78, 5) is 28.2. The standard InChI is InChI=1S/C18H26ClN3O4S/c1-13(2)27(25,26)14(3)18(24)20-12-17(23)22-10-8-21(9-11-22)16-6-4-15(19)5-7-16/h4-7,13-14H,8-12H2,1-3H3,(H,20,24). The normalized spacial score (nSPS) is 16.3. The van der Waals surface area contributed by atoms with Crippen molar-refractivity contribution < 1.29 is 18.0 Å². The molecule has 2 rings (SSSR count). The van der Waals surface area contributed by atoms with Gasteiger partial charge in [0.15, 0.2) is 9.84 Å². The Labute approximate surface area is 165 Å². The second kappa shape index (κ2) is 8.93. The Morgan fingerprint density at radius 2 is 1.63 bits per heavy atom. The Morgan fingerprint density at radius 3 is 2.15 bits per heavy atom. The fourth-order valence-electron chi connectivity index (χ4n) is 2.84. The molecule has 0 aliphatic carbocycles. The van der Waals surface area contributed by atoms with Gasteiger partial charge in [-0.15, -0.1) is 0 Å². The van der Waals surface area contributed by atoms with Gasteiger partial charge in [-0.05, 0) is 45.0 Å². The molecule has 7 nitrogen and oxygen atoms in total. The molecule has 1 aromatic rings. The highest BCUT2D eigenvalue weighted by Gasteiger charge is 2.31. The average Bonchev–Trinajstić information content (AvgIpc) is 2.65. The number of piperazine rings is 1. The van der Waals surface area contributed by atoms with Gasteiger partial charge < -0.3 is 15.1 Å². The molecule has 0 saturated carbocycles. The van der Waals surface area contributed by atoms with Gasteiger partial charge >= 0.3 is 0 Å². The number of carbonyl (C=O) groups excluding carboxylic acids is 2. The van der Waals surface area contributed by atoms with Gasteiger partial charge in [-0.3, -0.25) is 9.59 Å². The van der Waals surface area contributed by atoms with Gasteiger partial charge in [0, 0.05) is 36.9 Å². The largest absolute Gasteiger partial charge is 0.368 e. The van der Waals surface area contributed by atoms with Gasteiger partial charge in [0.2, 0.25) is 11.8 Å². The number of benzene rings is 1. The third-order valence-corrected chi connectivity index (χ3v) is 7.52. The predicted octanol–water partition coefficient (Wildman–Crippen LogP) is 1.32. The number of hydrogen-bond acceptors (Lipinski definition) is 5. The molecule has 0 bridgehead atoms. The number of sulfone groups is 1. The molecule has 1 saturated heterocycles. The SMILES string of the molecule is CC(C)S(=O)(=O)C(C)C(=O)NCC(=O)N1CCN(c2ccc(Cl)cc2)CC1. The molecule has 27 heavy (non-hydrogen) atoms. The number of anilines is 1. The number of nitrogens with one attached hydrogen (secondary N) is 1. The van der Waals surface area contributed by atoms with Crippen LogP contribution in [0, 0.1) is 0 Å². The first-order valence-corrected chi connectivity index (χ1v) is 10.9. The van der Waals surface area contributed by atoms with Crippen LogP contribution >= 0.6 is 11.6 Å². The van der Waals surface area contributed by atoms with Crippen molar-refractivity contribution in [3.63, 3.8) is 0 Å². The van der Waals surface area contributed by atoms with Gasteiger partial charge in [-0.1, -0.05) is 11.6 Å². The van der Waals surface area contributed by atoms with Gasteiger partial charge in [-0.2, -0.15) is 0 Å². The molecule has 1 unspecified atom stereocenters. The van der Waals surface area contributed by atoms with Gasteiger partial charge in [0.1, 0.15) is 5.25 Å². The van der Waals surface area contributed by atoms with Crippen LogP contribution in [0.25, 0.3) is 0 Å². The van der Waals surface area contributed by atoms with E-state index in [-0.39, 0.29) is 12.5 Å². The van der Waals surface area contributed by atoms with E-state index in [2.05, 4.69) is 10.2 Å². The van der Waals surface area contributed by atoms with E-state index in [0.717, 1.165) is 5.69 Å². The van der Waals surface area contributed by atoms with E-state index in [4.69, 9.17) is 11.6 Å². The molecular weight excluding hydrogens is 390 g/mol. The molecule has 0 spiro atoms. The topological polar surface area (TPSA) is 86.8 Å². The fourth-order valence-corrected chi connectivity index (χ4v) is 4.17. The molecule has 9 heteroatoms. The van der Waals surface area contributed by atoms with Crippen molar-refractivity contribution in [2.45, 2.75) is 31.3 Å². The number of carbonyl (C=O) groups is 2. The maximum atomic E-state index is 12.3. The van der Waals surface area contributed by atoms with Crippen LogP contribution in [0.1, 0.15) is 20.8 Å². The highest BCUT2D eigenvalue weighted by molar-refractivity contribution is 7.93. The van der Waals surface area contributed by atoms with Crippen LogP contribution in [0.3, 0.4) is 0 Å². The third kappa shape index (κ3) is 5.35. The fraction of sp³-hybridized carbons (Fsp3) is 0.556. The summed E-state index contributed by atoms with van der Waals surface area (Å²) >= 11 is 5.90. The molecule has 0 radical (unpaired) electrons. The molecular formula is C18H26ClN3O4S. The second-order valence-electron chi connectivity index (χ2n) is 6.84. The van der Waals surface area contributed by atoms with E-state index >= 15 is 0 Å². The van der Waals surface area contributed by atoms with Gasteiger partial charge in [0.05, 0.1) is 11.8 Å². The zero-order valence-corrected chi connectivity index (χ0v) is 17.4. The highest BCUT2D eigenvalue weighted by Crippen LogP contribution is 2.19. The average molecular weight is 416 g/mol. The Hall–Kier alpha value is -1.80. The van der Waals surface area contributed by atoms with Crippen molar-refractivity contribution in [1.29, 1.82) is 0 Å². The zero-order chi connectivity index (χ0) is 20.2. The summed E-state index contributed by atoms with van der Waals surface area (Å²) in [7, 11) is -3.54. The van der Waals surface area contributed by atoms with Crippen molar-refractivity contribution in [2.75, 3.05) is 37.6 Å². The smallest absolute Gasteiger partial charge is 0.242 e. The molecule has 1 aliphatic rings. The quantitative estimate of drug-likeness (QED) is 0.757. The molecule has 1 N–H and O–H groups in total. The van der Waals surface area contributed by atoms with Gasteiger partial charge in [-0.25, -0.2) is 8.42 Å². The summed E-state index contributed by atoms with van der Waals surface area (Å²) in [6.07, 6.45) is 0. The van der Waals surface area contributed by atoms with E-state index < -0.39 is 26.2 Å². The predicted molar refractivity (Wildman–Crippen MR) is 107 cm³/mol. The van der Waals surface area contributed by atoms with Gasteiger partial charge in [0.25, 0.3) is 0 Å². The maximum absolute atomic E-state index is 12.3. The molecule has 1 atom stereocenters. The van der Waals surface area contributed by atoms with Crippen LogP contribution in [-0.2, 0) is 19.4 Å². The lowest BCUT2D eigenvalue weighted by atomic mass is 10.2. The summed E-state index contributed by atoms with van der Waals surface area (Å²) < 4.78 is 24.1. The summed E-state index contributed by atoms with van der Waals surface area (Å²) in [5, 5.41) is 1.31. The number of hydrogen-bond donors (Lipinski definition) is 1. The zero-order valence-electron chi connectivity index (χ0n) is 15.8. The van der Waals surface area contributed by atoms with Crippen molar-refractivity contribution >= 4 is 38.9 Å². The first-order chi connectivity index (χ1) is 12.6. The van der Waals surface area contributed by atoms with Crippen LogP contribution in [-0.4, -0.2) is 68.4 Å². The Kier molecular flexibility index (Phi) is 7.11. The Morgan fingerprint density at radius 1 is 1.07 bits per heavy atom. The number of amides is 2. The van der Waals surface area contributed by atoms with Crippen LogP contribution in [0.4, 0.5) is 5.69 Å². The molecule has 1 fully saturated rings. The minimum atomic E-state index is -3.54. The number of nitrogens with zero attached hydrogens (tertiary/aromatic N) is 2. The van der Waals surface area contributed by atoms with E-state index in [9.17, 15) is 18.0 Å². The first kappa shape index (κ1) is 21.5. The van der Waals surface area contributed by atoms with Crippen molar-refractivity contribution in [2.24, 2.45) is 0 Å². The molecule has 1 heterocycles. The van der Waals surface area contributed by atoms with Crippen molar-refractivity contribution in [3.05, 3.63) is 29.3 Å². The van der Waals surface area contributed by atoms with Crippen molar-refractivity contribution in [1.82, 2.24) is 10.2 Å². The van der Waals surface area contributed by atoms with E-state index in [1.54, 1.807) is 4.90 Å². The van der Waals surface area contributed by atoms with E-state index in [1.807, 2.05) is 24.3 Å². The first-order valence-electron chi connectivity index (χ1n) is 8.91. The molecule has 0 aromatic heterocycles. The molecule has 150 valence electrons. The lowest BCUT2D eigenvalue weighted by molar-refractivity contribution is -0.133. The number of halogens is 1. The Bertz CT molecular complexity index is 772. The summed E-state index contributed by atoms with van der Waals surface area (Å²) in [6.45, 7) is 6.65. The Balaban J connectivity index is 1.82. The van der Waals surface area contributed by atoms with Crippen LogP contribution in [0.2, 0.25) is 5.02 Å². The van der Waals surface area contributed by atoms with Crippen LogP contribution < -0.4 is 10.2 Å². The van der Waals surface area contributed by atoms with Crippen LogP contribution in [0.15, 0.2) is 24.3 Å².